The highest BCUT2D eigenvalue weighted by molar-refractivity contribution is 6.42. The van der Waals surface area contributed by atoms with E-state index in [1.807, 2.05) is 6.07 Å². The number of benzene rings is 1. The fourth-order valence-corrected chi connectivity index (χ4v) is 2.49. The van der Waals surface area contributed by atoms with Gasteiger partial charge in [-0.2, -0.15) is 5.10 Å². The summed E-state index contributed by atoms with van der Waals surface area (Å²) in [4.78, 5) is 12.2. The monoisotopic (exact) mass is 322 g/mol. The van der Waals surface area contributed by atoms with Crippen molar-refractivity contribution < 1.29 is 9.21 Å². The fraction of sp³-hybridized carbons (Fsp3) is 0.200. The van der Waals surface area contributed by atoms with E-state index in [-0.39, 0.29) is 11.7 Å². The Hall–Kier alpha value is -1.78. The molecule has 0 radical (unpaired) electrons. The van der Waals surface area contributed by atoms with Gasteiger partial charge in [0.25, 0.3) is 0 Å². The van der Waals surface area contributed by atoms with Crippen molar-refractivity contribution in [2.45, 2.75) is 12.8 Å². The molecule has 2 aromatic rings. The number of nitrogens with zero attached hydrogens (tertiary/aromatic N) is 2. The summed E-state index contributed by atoms with van der Waals surface area (Å²) in [7, 11) is 0. The number of carbonyl (C=O) groups is 1. The largest absolute Gasteiger partial charge is 0.459 e. The zero-order valence-corrected chi connectivity index (χ0v) is 12.6. The number of carbonyl (C=O) groups excluding carboxylic acids is 1. The van der Waals surface area contributed by atoms with Crippen molar-refractivity contribution in [3.63, 3.8) is 0 Å². The molecule has 1 aliphatic heterocycles. The van der Waals surface area contributed by atoms with Gasteiger partial charge in [-0.05, 0) is 42.7 Å². The smallest absolute Gasteiger partial charge is 0.309 e. The molecule has 0 saturated heterocycles. The molecule has 21 heavy (non-hydrogen) atoms. The van der Waals surface area contributed by atoms with Crippen LogP contribution in [0.5, 0.6) is 0 Å². The average Bonchev–Trinajstić information content (AvgIpc) is 3.04. The third kappa shape index (κ3) is 2.96. The van der Waals surface area contributed by atoms with Crippen LogP contribution in [0.15, 0.2) is 46.1 Å². The van der Waals surface area contributed by atoms with Crippen LogP contribution in [0.2, 0.25) is 10.0 Å². The summed E-state index contributed by atoms with van der Waals surface area (Å²) in [6, 6.07) is 8.67. The highest BCUT2D eigenvalue weighted by Crippen LogP contribution is 2.25. The molecule has 1 aromatic heterocycles. The minimum atomic E-state index is -0.239. The van der Waals surface area contributed by atoms with Crippen LogP contribution in [0.3, 0.4) is 0 Å². The molecule has 6 heteroatoms. The number of furan rings is 1. The van der Waals surface area contributed by atoms with Crippen LogP contribution in [-0.4, -0.2) is 23.2 Å². The summed E-state index contributed by atoms with van der Waals surface area (Å²) < 4.78 is 5.13. The molecule has 0 bridgehead atoms. The van der Waals surface area contributed by atoms with Crippen molar-refractivity contribution in [1.29, 1.82) is 0 Å². The number of hydrogen-bond acceptors (Lipinski definition) is 3. The molecule has 1 aliphatic rings. The molecular weight excluding hydrogens is 311 g/mol. The maximum absolute atomic E-state index is 12.2. The molecule has 108 valence electrons. The first kappa shape index (κ1) is 14.2. The Labute approximate surface area is 131 Å². The third-order valence-corrected chi connectivity index (χ3v) is 3.98. The Kier molecular flexibility index (Phi) is 3.99. The van der Waals surface area contributed by atoms with Gasteiger partial charge < -0.3 is 4.42 Å². The lowest BCUT2D eigenvalue weighted by Crippen LogP contribution is -2.32. The average molecular weight is 323 g/mol. The summed E-state index contributed by atoms with van der Waals surface area (Å²) in [6.07, 6.45) is 3.10. The normalized spacial score (nSPS) is 15.0. The molecule has 0 saturated carbocycles. The van der Waals surface area contributed by atoms with E-state index in [1.165, 1.54) is 11.3 Å². The van der Waals surface area contributed by atoms with E-state index in [0.717, 1.165) is 24.1 Å². The molecule has 0 spiro atoms. The Morgan fingerprint density at radius 3 is 2.81 bits per heavy atom. The lowest BCUT2D eigenvalue weighted by molar-refractivity contribution is 0.0719. The predicted octanol–water partition coefficient (Wildman–Crippen LogP) is 4.23. The van der Waals surface area contributed by atoms with Crippen molar-refractivity contribution in [3.8, 4) is 0 Å². The van der Waals surface area contributed by atoms with Crippen LogP contribution < -0.4 is 0 Å². The van der Waals surface area contributed by atoms with Crippen LogP contribution in [0.4, 0.5) is 0 Å². The molecule has 0 N–H and O–H groups in total. The zero-order chi connectivity index (χ0) is 14.8. The molecule has 1 amide bonds. The van der Waals surface area contributed by atoms with Gasteiger partial charge in [-0.1, -0.05) is 29.3 Å². The molecule has 3 rings (SSSR count). The molecule has 1 aromatic carbocycles. The van der Waals surface area contributed by atoms with E-state index in [2.05, 4.69) is 5.10 Å². The van der Waals surface area contributed by atoms with Crippen LogP contribution >= 0.6 is 23.2 Å². The Balaban J connectivity index is 1.89. The van der Waals surface area contributed by atoms with Gasteiger partial charge in [0.05, 0.1) is 22.0 Å². The number of hydrazone groups is 1. The zero-order valence-electron chi connectivity index (χ0n) is 11.1. The number of hydrogen-bond donors (Lipinski definition) is 0. The third-order valence-electron chi connectivity index (χ3n) is 3.24. The molecule has 4 nitrogen and oxygen atoms in total. The van der Waals surface area contributed by atoms with E-state index < -0.39 is 0 Å². The molecule has 0 unspecified atom stereocenters. The maximum Gasteiger partial charge on any atom is 0.309 e. The second-order valence-electron chi connectivity index (χ2n) is 4.68. The highest BCUT2D eigenvalue weighted by atomic mass is 35.5. The highest BCUT2D eigenvalue weighted by Gasteiger charge is 2.22. The summed E-state index contributed by atoms with van der Waals surface area (Å²) in [5.41, 5.74) is 1.70. The van der Waals surface area contributed by atoms with E-state index in [4.69, 9.17) is 27.6 Å². The van der Waals surface area contributed by atoms with Crippen molar-refractivity contribution in [2.24, 2.45) is 5.10 Å². The van der Waals surface area contributed by atoms with Gasteiger partial charge in [0.15, 0.2) is 5.76 Å². The summed E-state index contributed by atoms with van der Waals surface area (Å²) in [6.45, 7) is 0.574. The maximum atomic E-state index is 12.2. The van der Waals surface area contributed by atoms with Gasteiger partial charge in [-0.3, -0.25) is 4.79 Å². The summed E-state index contributed by atoms with van der Waals surface area (Å²) in [5.74, 6) is 0.0476. The molecule has 0 atom stereocenters. The summed E-state index contributed by atoms with van der Waals surface area (Å²) in [5, 5.41) is 6.83. The predicted molar refractivity (Wildman–Crippen MR) is 82.0 cm³/mol. The number of rotatable bonds is 2. The Morgan fingerprint density at radius 1 is 1.24 bits per heavy atom. The molecular formula is C15H12Cl2N2O2. The van der Waals surface area contributed by atoms with Gasteiger partial charge in [0.2, 0.25) is 0 Å². The van der Waals surface area contributed by atoms with E-state index >= 15 is 0 Å². The van der Waals surface area contributed by atoms with Crippen LogP contribution in [0.1, 0.15) is 29.0 Å². The van der Waals surface area contributed by atoms with Gasteiger partial charge in [0.1, 0.15) is 0 Å². The van der Waals surface area contributed by atoms with Crippen molar-refractivity contribution in [1.82, 2.24) is 5.01 Å². The fourth-order valence-electron chi connectivity index (χ4n) is 2.19. The quantitative estimate of drug-likeness (QED) is 0.830. The molecule has 2 heterocycles. The minimum Gasteiger partial charge on any atom is -0.459 e. The van der Waals surface area contributed by atoms with Crippen molar-refractivity contribution >= 4 is 34.8 Å². The van der Waals surface area contributed by atoms with Crippen LogP contribution in [-0.2, 0) is 0 Å². The first-order valence-corrected chi connectivity index (χ1v) is 7.29. The van der Waals surface area contributed by atoms with E-state index in [0.29, 0.717) is 16.6 Å². The lowest BCUT2D eigenvalue weighted by Gasteiger charge is -2.23. The van der Waals surface area contributed by atoms with Crippen LogP contribution in [0, 0.1) is 0 Å². The number of amides is 1. The summed E-state index contributed by atoms with van der Waals surface area (Å²) >= 11 is 11.9. The first-order chi connectivity index (χ1) is 10.1. The number of halogens is 2. The lowest BCUT2D eigenvalue weighted by atomic mass is 10.0. The molecule has 0 aliphatic carbocycles. The van der Waals surface area contributed by atoms with E-state index in [9.17, 15) is 4.79 Å². The topological polar surface area (TPSA) is 45.8 Å². The van der Waals surface area contributed by atoms with Crippen LogP contribution in [0.25, 0.3) is 0 Å². The van der Waals surface area contributed by atoms with Crippen molar-refractivity contribution in [3.05, 3.63) is 58.0 Å². The standard InChI is InChI=1S/C15H12Cl2N2O2/c16-11-6-5-10(9-12(11)17)13-3-1-7-19(18-13)15(20)14-4-2-8-21-14/h2,4-6,8-9H,1,3,7H2. The van der Waals surface area contributed by atoms with Gasteiger partial charge in [-0.15, -0.1) is 0 Å². The van der Waals surface area contributed by atoms with Gasteiger partial charge in [0, 0.05) is 6.54 Å². The Bertz CT molecular complexity index is 696. The second-order valence-corrected chi connectivity index (χ2v) is 5.50. The van der Waals surface area contributed by atoms with Gasteiger partial charge >= 0.3 is 5.91 Å². The van der Waals surface area contributed by atoms with Gasteiger partial charge in [-0.25, -0.2) is 5.01 Å². The Morgan fingerprint density at radius 2 is 2.10 bits per heavy atom. The SMILES string of the molecule is O=C(c1ccco1)N1CCCC(c2ccc(Cl)c(Cl)c2)=N1. The minimum absolute atomic E-state index is 0.239. The first-order valence-electron chi connectivity index (χ1n) is 6.53. The van der Waals surface area contributed by atoms with Crippen molar-refractivity contribution in [2.75, 3.05) is 6.54 Å². The second kappa shape index (κ2) is 5.92. The van der Waals surface area contributed by atoms with E-state index in [1.54, 1.807) is 24.3 Å². The molecule has 0 fully saturated rings.